The van der Waals surface area contributed by atoms with Crippen molar-refractivity contribution in [3.8, 4) is 0 Å². The van der Waals surface area contributed by atoms with Gasteiger partial charge in [-0.2, -0.15) is 0 Å². The Hall–Kier alpha value is -0.940. The van der Waals surface area contributed by atoms with E-state index < -0.39 is 0 Å². The molecule has 1 aliphatic heterocycles. The van der Waals surface area contributed by atoms with Gasteiger partial charge in [0, 0.05) is 5.41 Å². The highest BCUT2D eigenvalue weighted by Gasteiger charge is 2.25. The number of amidine groups is 1. The van der Waals surface area contributed by atoms with Crippen LogP contribution in [0.5, 0.6) is 0 Å². The van der Waals surface area contributed by atoms with Crippen LogP contribution in [-0.2, 0) is 12.0 Å². The first-order chi connectivity index (χ1) is 9.27. The van der Waals surface area contributed by atoms with Gasteiger partial charge in [-0.1, -0.05) is 27.7 Å². The Bertz CT molecular complexity index is 479. The molecule has 0 aromatic carbocycles. The minimum Gasteiger partial charge on any atom is -0.383 e. The van der Waals surface area contributed by atoms with E-state index in [9.17, 15) is 0 Å². The van der Waals surface area contributed by atoms with Crippen LogP contribution >= 0.6 is 11.3 Å². The second-order valence-corrected chi connectivity index (χ2v) is 7.99. The number of aromatic nitrogens is 1. The van der Waals surface area contributed by atoms with Crippen LogP contribution in [0.4, 0.5) is 0 Å². The Morgan fingerprint density at radius 2 is 2.00 bits per heavy atom. The fourth-order valence-corrected chi connectivity index (χ4v) is 3.71. The molecular formula is C15H26N4S. The van der Waals surface area contributed by atoms with Crippen molar-refractivity contribution in [1.82, 2.24) is 9.88 Å². The summed E-state index contributed by atoms with van der Waals surface area (Å²) in [6.45, 7) is 11.9. The molecule has 1 saturated heterocycles. The van der Waals surface area contributed by atoms with E-state index in [1.165, 1.54) is 12.8 Å². The van der Waals surface area contributed by atoms with E-state index in [1.54, 1.807) is 11.3 Å². The molecule has 0 saturated carbocycles. The third-order valence-corrected chi connectivity index (χ3v) is 4.94. The lowest BCUT2D eigenvalue weighted by Crippen LogP contribution is -2.32. The van der Waals surface area contributed by atoms with Crippen LogP contribution in [0.2, 0.25) is 0 Å². The maximum atomic E-state index is 7.75. The van der Waals surface area contributed by atoms with E-state index in [0.717, 1.165) is 41.1 Å². The minimum atomic E-state index is -0.0633. The summed E-state index contributed by atoms with van der Waals surface area (Å²) in [5.74, 6) is 0.992. The van der Waals surface area contributed by atoms with Gasteiger partial charge >= 0.3 is 0 Å². The number of nitrogens with zero attached hydrogens (tertiary/aromatic N) is 2. The van der Waals surface area contributed by atoms with Crippen molar-refractivity contribution < 1.29 is 0 Å². The van der Waals surface area contributed by atoms with Crippen molar-refractivity contribution >= 4 is 17.2 Å². The Kier molecular flexibility index (Phi) is 4.49. The summed E-state index contributed by atoms with van der Waals surface area (Å²) in [5.41, 5.74) is 6.62. The van der Waals surface area contributed by atoms with Crippen LogP contribution < -0.4 is 5.73 Å². The molecule has 2 heterocycles. The average Bonchev–Trinajstić information content (AvgIpc) is 2.76. The first-order valence-electron chi connectivity index (χ1n) is 7.34. The molecule has 20 heavy (non-hydrogen) atoms. The fourth-order valence-electron chi connectivity index (χ4n) is 2.53. The maximum absolute atomic E-state index is 7.75. The van der Waals surface area contributed by atoms with Crippen molar-refractivity contribution in [3.63, 3.8) is 0 Å². The molecule has 2 rings (SSSR count). The molecule has 1 aromatic rings. The maximum Gasteiger partial charge on any atom is 0.135 e. The predicted octanol–water partition coefficient (Wildman–Crippen LogP) is 2.96. The van der Waals surface area contributed by atoms with Crippen molar-refractivity contribution in [2.75, 3.05) is 13.1 Å². The van der Waals surface area contributed by atoms with E-state index in [2.05, 4.69) is 32.6 Å². The molecule has 4 nitrogen and oxygen atoms in total. The van der Waals surface area contributed by atoms with Gasteiger partial charge in [0.15, 0.2) is 0 Å². The molecule has 0 aliphatic carbocycles. The van der Waals surface area contributed by atoms with E-state index >= 15 is 0 Å². The molecule has 0 atom stereocenters. The highest BCUT2D eigenvalue weighted by atomic mass is 32.1. The Balaban J connectivity index is 2.15. The molecule has 5 heteroatoms. The number of piperidine rings is 1. The van der Waals surface area contributed by atoms with Gasteiger partial charge in [0.2, 0.25) is 0 Å². The summed E-state index contributed by atoms with van der Waals surface area (Å²) in [6, 6.07) is 0. The zero-order valence-electron chi connectivity index (χ0n) is 13.0. The second kappa shape index (κ2) is 5.82. The SMILES string of the molecule is CC1CCN(Cc2nc(C(C)(C)C)c(C(=N)N)s2)CC1. The van der Waals surface area contributed by atoms with Crippen LogP contribution in [0.15, 0.2) is 0 Å². The monoisotopic (exact) mass is 294 g/mol. The van der Waals surface area contributed by atoms with Gasteiger partial charge in [-0.3, -0.25) is 10.3 Å². The summed E-state index contributed by atoms with van der Waals surface area (Å²) in [6.07, 6.45) is 2.55. The molecule has 0 radical (unpaired) electrons. The summed E-state index contributed by atoms with van der Waals surface area (Å²) < 4.78 is 0. The number of hydrogen-bond acceptors (Lipinski definition) is 4. The number of nitrogens with two attached hydrogens (primary N) is 1. The lowest BCUT2D eigenvalue weighted by atomic mass is 9.91. The molecule has 1 aromatic heterocycles. The van der Waals surface area contributed by atoms with E-state index in [-0.39, 0.29) is 11.3 Å². The highest BCUT2D eigenvalue weighted by molar-refractivity contribution is 7.13. The predicted molar refractivity (Wildman–Crippen MR) is 85.5 cm³/mol. The second-order valence-electron chi connectivity index (χ2n) is 6.91. The standard InChI is InChI=1S/C15H26N4S/c1-10-5-7-19(8-6-10)9-11-18-13(15(2,3)4)12(20-11)14(16)17/h10H,5-9H2,1-4H3,(H3,16,17). The number of rotatable bonds is 3. The van der Waals surface area contributed by atoms with Crippen LogP contribution in [0.3, 0.4) is 0 Å². The van der Waals surface area contributed by atoms with Crippen LogP contribution in [0.1, 0.15) is 56.1 Å². The molecule has 0 bridgehead atoms. The Morgan fingerprint density at radius 3 is 2.45 bits per heavy atom. The molecule has 0 spiro atoms. The van der Waals surface area contributed by atoms with Gasteiger partial charge in [0.1, 0.15) is 10.8 Å². The molecule has 0 amide bonds. The third kappa shape index (κ3) is 3.58. The molecule has 112 valence electrons. The number of hydrogen-bond donors (Lipinski definition) is 2. The number of thiazole rings is 1. The van der Waals surface area contributed by atoms with Crippen molar-refractivity contribution in [2.45, 2.75) is 52.5 Å². The van der Waals surface area contributed by atoms with E-state index in [4.69, 9.17) is 16.1 Å². The van der Waals surface area contributed by atoms with Gasteiger partial charge in [-0.25, -0.2) is 4.98 Å². The molecule has 3 N–H and O–H groups in total. The van der Waals surface area contributed by atoms with Gasteiger partial charge in [-0.15, -0.1) is 11.3 Å². The fraction of sp³-hybridized carbons (Fsp3) is 0.733. The van der Waals surface area contributed by atoms with Crippen LogP contribution in [0, 0.1) is 11.3 Å². The summed E-state index contributed by atoms with van der Waals surface area (Å²) in [5, 5.41) is 8.84. The number of nitrogen functional groups attached to an aromatic ring is 1. The van der Waals surface area contributed by atoms with Gasteiger partial charge in [-0.05, 0) is 31.8 Å². The van der Waals surface area contributed by atoms with Crippen LogP contribution in [0.25, 0.3) is 0 Å². The Morgan fingerprint density at radius 1 is 1.40 bits per heavy atom. The van der Waals surface area contributed by atoms with Crippen molar-refractivity contribution in [2.24, 2.45) is 11.7 Å². The molecule has 0 unspecified atom stereocenters. The average molecular weight is 294 g/mol. The Labute approximate surface area is 125 Å². The van der Waals surface area contributed by atoms with Gasteiger partial charge < -0.3 is 5.73 Å². The van der Waals surface area contributed by atoms with Crippen molar-refractivity contribution in [1.29, 1.82) is 5.41 Å². The van der Waals surface area contributed by atoms with Crippen molar-refractivity contribution in [3.05, 3.63) is 15.6 Å². The lowest BCUT2D eigenvalue weighted by Gasteiger charge is -2.29. The quantitative estimate of drug-likeness (QED) is 0.665. The highest BCUT2D eigenvalue weighted by Crippen LogP contribution is 2.30. The normalized spacial score (nSPS) is 18.4. The summed E-state index contributed by atoms with van der Waals surface area (Å²) in [7, 11) is 0. The topological polar surface area (TPSA) is 66.0 Å². The van der Waals surface area contributed by atoms with Gasteiger partial charge in [0.25, 0.3) is 0 Å². The first kappa shape index (κ1) is 15.4. The first-order valence-corrected chi connectivity index (χ1v) is 8.16. The minimum absolute atomic E-state index is 0.0633. The molecular weight excluding hydrogens is 268 g/mol. The largest absolute Gasteiger partial charge is 0.383 e. The zero-order valence-corrected chi connectivity index (χ0v) is 13.8. The van der Waals surface area contributed by atoms with E-state index in [1.807, 2.05) is 0 Å². The van der Waals surface area contributed by atoms with E-state index in [0.29, 0.717) is 0 Å². The summed E-state index contributed by atoms with van der Waals surface area (Å²) >= 11 is 1.59. The lowest BCUT2D eigenvalue weighted by molar-refractivity contribution is 0.185. The summed E-state index contributed by atoms with van der Waals surface area (Å²) in [4.78, 5) is 8.08. The van der Waals surface area contributed by atoms with Crippen LogP contribution in [-0.4, -0.2) is 28.8 Å². The zero-order chi connectivity index (χ0) is 14.9. The smallest absolute Gasteiger partial charge is 0.135 e. The number of likely N-dealkylation sites (tertiary alicyclic amines) is 1. The molecule has 1 aliphatic rings. The molecule has 1 fully saturated rings. The number of nitrogens with one attached hydrogen (secondary N) is 1. The van der Waals surface area contributed by atoms with Gasteiger partial charge in [0.05, 0.1) is 17.1 Å². The third-order valence-electron chi connectivity index (χ3n) is 3.86.